The van der Waals surface area contributed by atoms with Gasteiger partial charge in [0.2, 0.25) is 0 Å². The molecule has 0 aliphatic rings. The maximum atomic E-state index is 12.3. The Bertz CT molecular complexity index is 414. The SMILES string of the molecule is COc1ccc(CNCCCOC(C)C)cc1OC(F)F. The second kappa shape index (κ2) is 9.52. The van der Waals surface area contributed by atoms with Crippen LogP contribution in [0.5, 0.6) is 11.5 Å². The van der Waals surface area contributed by atoms with Gasteiger partial charge in [0.25, 0.3) is 0 Å². The van der Waals surface area contributed by atoms with Crippen LogP contribution in [-0.2, 0) is 11.3 Å². The van der Waals surface area contributed by atoms with Crippen LogP contribution in [0.2, 0.25) is 0 Å². The standard InChI is InChI=1S/C15H23F2NO3/c1-11(2)20-8-4-7-18-10-12-5-6-13(19-3)14(9-12)21-15(16)17/h5-6,9,11,15,18H,4,7-8,10H2,1-3H3. The monoisotopic (exact) mass is 303 g/mol. The molecule has 120 valence electrons. The van der Waals surface area contributed by atoms with Gasteiger partial charge >= 0.3 is 6.61 Å². The van der Waals surface area contributed by atoms with Crippen LogP contribution in [0.15, 0.2) is 18.2 Å². The first-order valence-electron chi connectivity index (χ1n) is 6.97. The van der Waals surface area contributed by atoms with Crippen molar-refractivity contribution in [2.75, 3.05) is 20.3 Å². The minimum absolute atomic E-state index is 0.0509. The van der Waals surface area contributed by atoms with Gasteiger partial charge in [-0.25, -0.2) is 0 Å². The molecule has 0 spiro atoms. The van der Waals surface area contributed by atoms with Gasteiger partial charge in [-0.2, -0.15) is 8.78 Å². The van der Waals surface area contributed by atoms with Crippen molar-refractivity contribution in [3.05, 3.63) is 23.8 Å². The zero-order valence-electron chi connectivity index (χ0n) is 12.7. The van der Waals surface area contributed by atoms with Crippen LogP contribution in [0.4, 0.5) is 8.78 Å². The second-order valence-electron chi connectivity index (χ2n) is 4.81. The fraction of sp³-hybridized carbons (Fsp3) is 0.600. The van der Waals surface area contributed by atoms with Crippen molar-refractivity contribution in [1.82, 2.24) is 5.32 Å². The molecule has 6 heteroatoms. The van der Waals surface area contributed by atoms with Crippen molar-refractivity contribution in [2.24, 2.45) is 0 Å². The Morgan fingerprint density at radius 1 is 1.19 bits per heavy atom. The average molecular weight is 303 g/mol. The lowest BCUT2D eigenvalue weighted by atomic mass is 10.2. The number of ether oxygens (including phenoxy) is 3. The third-order valence-electron chi connectivity index (χ3n) is 2.72. The topological polar surface area (TPSA) is 39.7 Å². The molecule has 0 atom stereocenters. The van der Waals surface area contributed by atoms with Crippen LogP contribution in [0, 0.1) is 0 Å². The van der Waals surface area contributed by atoms with Gasteiger partial charge in [0, 0.05) is 13.2 Å². The summed E-state index contributed by atoms with van der Waals surface area (Å²) in [4.78, 5) is 0. The van der Waals surface area contributed by atoms with Gasteiger partial charge < -0.3 is 19.5 Å². The summed E-state index contributed by atoms with van der Waals surface area (Å²) >= 11 is 0. The Labute approximate surface area is 124 Å². The Balaban J connectivity index is 2.41. The van der Waals surface area contributed by atoms with E-state index < -0.39 is 6.61 Å². The van der Waals surface area contributed by atoms with Crippen LogP contribution in [0.25, 0.3) is 0 Å². The van der Waals surface area contributed by atoms with Gasteiger partial charge in [-0.15, -0.1) is 0 Å². The molecular weight excluding hydrogens is 280 g/mol. The smallest absolute Gasteiger partial charge is 0.387 e. The Kier molecular flexibility index (Phi) is 8.00. The van der Waals surface area contributed by atoms with E-state index >= 15 is 0 Å². The molecule has 0 aliphatic carbocycles. The first-order chi connectivity index (χ1) is 10.0. The normalized spacial score (nSPS) is 11.2. The van der Waals surface area contributed by atoms with Crippen LogP contribution in [-0.4, -0.2) is 33.0 Å². The maximum Gasteiger partial charge on any atom is 0.387 e. The van der Waals surface area contributed by atoms with Crippen molar-refractivity contribution in [1.29, 1.82) is 0 Å². The highest BCUT2D eigenvalue weighted by molar-refractivity contribution is 5.42. The molecule has 0 aromatic heterocycles. The first-order valence-corrected chi connectivity index (χ1v) is 6.97. The quantitative estimate of drug-likeness (QED) is 0.674. The largest absolute Gasteiger partial charge is 0.493 e. The molecule has 0 aliphatic heterocycles. The minimum atomic E-state index is -2.87. The van der Waals surface area contributed by atoms with E-state index in [4.69, 9.17) is 9.47 Å². The molecule has 0 radical (unpaired) electrons. The maximum absolute atomic E-state index is 12.3. The minimum Gasteiger partial charge on any atom is -0.493 e. The highest BCUT2D eigenvalue weighted by Gasteiger charge is 2.11. The summed E-state index contributed by atoms with van der Waals surface area (Å²) in [5.41, 5.74) is 0.858. The van der Waals surface area contributed by atoms with E-state index in [0.29, 0.717) is 18.9 Å². The van der Waals surface area contributed by atoms with E-state index in [-0.39, 0.29) is 11.9 Å². The zero-order valence-corrected chi connectivity index (χ0v) is 12.7. The van der Waals surface area contributed by atoms with Crippen molar-refractivity contribution in [3.8, 4) is 11.5 Å². The Morgan fingerprint density at radius 3 is 2.57 bits per heavy atom. The summed E-state index contributed by atoms with van der Waals surface area (Å²) in [5.74, 6) is 0.347. The lowest BCUT2D eigenvalue weighted by Gasteiger charge is -2.12. The van der Waals surface area contributed by atoms with Crippen LogP contribution in [0.1, 0.15) is 25.8 Å². The second-order valence-corrected chi connectivity index (χ2v) is 4.81. The number of hydrogen-bond acceptors (Lipinski definition) is 4. The Hall–Kier alpha value is -1.40. The molecule has 4 nitrogen and oxygen atoms in total. The lowest BCUT2D eigenvalue weighted by Crippen LogP contribution is -2.17. The molecule has 0 saturated carbocycles. The van der Waals surface area contributed by atoms with Gasteiger partial charge in [0.05, 0.1) is 13.2 Å². The molecule has 21 heavy (non-hydrogen) atoms. The molecule has 0 heterocycles. The molecule has 0 unspecified atom stereocenters. The van der Waals surface area contributed by atoms with Crippen LogP contribution in [0.3, 0.4) is 0 Å². The predicted molar refractivity (Wildman–Crippen MR) is 77.0 cm³/mol. The highest BCUT2D eigenvalue weighted by atomic mass is 19.3. The Morgan fingerprint density at radius 2 is 1.95 bits per heavy atom. The molecule has 1 aromatic rings. The molecule has 0 saturated heterocycles. The van der Waals surface area contributed by atoms with Gasteiger partial charge in [-0.3, -0.25) is 0 Å². The highest BCUT2D eigenvalue weighted by Crippen LogP contribution is 2.29. The number of rotatable bonds is 10. The van der Waals surface area contributed by atoms with Gasteiger partial charge in [0.15, 0.2) is 11.5 Å². The fourth-order valence-corrected chi connectivity index (χ4v) is 1.77. The van der Waals surface area contributed by atoms with Crippen molar-refractivity contribution in [2.45, 2.75) is 39.5 Å². The number of benzene rings is 1. The first kappa shape index (κ1) is 17.7. The summed E-state index contributed by atoms with van der Waals surface area (Å²) in [5, 5.41) is 3.23. The van der Waals surface area contributed by atoms with Gasteiger partial charge in [-0.05, 0) is 44.5 Å². The van der Waals surface area contributed by atoms with Gasteiger partial charge in [0.1, 0.15) is 0 Å². The summed E-state index contributed by atoms with van der Waals surface area (Å²) in [6.07, 6.45) is 1.13. The van der Waals surface area contributed by atoms with Crippen molar-refractivity contribution >= 4 is 0 Å². The third-order valence-corrected chi connectivity index (χ3v) is 2.72. The molecule has 1 aromatic carbocycles. The van der Waals surface area contributed by atoms with E-state index in [2.05, 4.69) is 10.1 Å². The summed E-state index contributed by atoms with van der Waals surface area (Å²) < 4.78 is 39.5. The summed E-state index contributed by atoms with van der Waals surface area (Å²) in [6, 6.07) is 4.99. The lowest BCUT2D eigenvalue weighted by molar-refractivity contribution is -0.0512. The fourth-order valence-electron chi connectivity index (χ4n) is 1.77. The average Bonchev–Trinajstić information content (AvgIpc) is 2.42. The van der Waals surface area contributed by atoms with E-state index in [1.165, 1.54) is 7.11 Å². The number of halogens is 2. The number of alkyl halides is 2. The van der Waals surface area contributed by atoms with Gasteiger partial charge in [-0.1, -0.05) is 6.07 Å². The zero-order chi connectivity index (χ0) is 15.7. The predicted octanol–water partition coefficient (Wildman–Crippen LogP) is 3.20. The van der Waals surface area contributed by atoms with Crippen LogP contribution < -0.4 is 14.8 Å². The number of hydrogen-bond donors (Lipinski definition) is 1. The van der Waals surface area contributed by atoms with Crippen molar-refractivity contribution < 1.29 is 23.0 Å². The van der Waals surface area contributed by atoms with E-state index in [1.807, 2.05) is 19.9 Å². The van der Waals surface area contributed by atoms with E-state index in [1.54, 1.807) is 12.1 Å². The molecule has 0 amide bonds. The van der Waals surface area contributed by atoms with E-state index in [9.17, 15) is 8.78 Å². The number of nitrogens with one attached hydrogen (secondary N) is 1. The third kappa shape index (κ3) is 7.24. The van der Waals surface area contributed by atoms with Crippen LogP contribution >= 0.6 is 0 Å². The van der Waals surface area contributed by atoms with Crippen molar-refractivity contribution in [3.63, 3.8) is 0 Å². The molecule has 0 bridgehead atoms. The summed E-state index contributed by atoms with van der Waals surface area (Å²) in [7, 11) is 1.42. The number of methoxy groups -OCH3 is 1. The molecule has 1 N–H and O–H groups in total. The molecule has 0 fully saturated rings. The molecule has 1 rings (SSSR count). The van der Waals surface area contributed by atoms with E-state index in [0.717, 1.165) is 18.5 Å². The summed E-state index contributed by atoms with van der Waals surface area (Å²) in [6.45, 7) is 3.20. The molecular formula is C15H23F2NO3.